The number of rotatable bonds is 2. The number of nitrogens with zero attached hydrogens (tertiary/aromatic N) is 3. The maximum Gasteiger partial charge on any atom is 0.226 e. The van der Waals surface area contributed by atoms with Crippen molar-refractivity contribution in [3.8, 4) is 0 Å². The average molecular weight is 248 g/mol. The first-order valence-corrected chi connectivity index (χ1v) is 6.71. The summed E-state index contributed by atoms with van der Waals surface area (Å²) in [6, 6.07) is 2.40. The van der Waals surface area contributed by atoms with Crippen molar-refractivity contribution in [2.24, 2.45) is 5.73 Å². The van der Waals surface area contributed by atoms with Gasteiger partial charge in [-0.1, -0.05) is 0 Å². The van der Waals surface area contributed by atoms with Gasteiger partial charge in [-0.15, -0.1) is 0 Å². The predicted octanol–water partition coefficient (Wildman–Crippen LogP) is 1.00. The fraction of sp³-hybridized carbons (Fsp3) is 0.692. The lowest BCUT2D eigenvalue weighted by Crippen LogP contribution is -2.49. The van der Waals surface area contributed by atoms with Crippen molar-refractivity contribution in [2.75, 3.05) is 18.1 Å². The quantitative estimate of drug-likeness (QED) is 0.846. The number of morpholine rings is 1. The van der Waals surface area contributed by atoms with E-state index >= 15 is 0 Å². The van der Waals surface area contributed by atoms with Gasteiger partial charge < -0.3 is 15.4 Å². The molecule has 1 saturated carbocycles. The monoisotopic (exact) mass is 248 g/mol. The molecular formula is C13H20N4O. The van der Waals surface area contributed by atoms with E-state index in [9.17, 15) is 0 Å². The van der Waals surface area contributed by atoms with Crippen molar-refractivity contribution in [2.45, 2.75) is 44.9 Å². The van der Waals surface area contributed by atoms with Crippen molar-refractivity contribution < 1.29 is 4.74 Å². The van der Waals surface area contributed by atoms with Gasteiger partial charge in [0.1, 0.15) is 0 Å². The van der Waals surface area contributed by atoms with Gasteiger partial charge in [-0.05, 0) is 32.3 Å². The fourth-order valence-electron chi connectivity index (χ4n) is 3.02. The van der Waals surface area contributed by atoms with Gasteiger partial charge >= 0.3 is 0 Å². The Hall–Kier alpha value is -1.20. The number of anilines is 1. The molecule has 0 bridgehead atoms. The van der Waals surface area contributed by atoms with E-state index in [1.165, 1.54) is 12.8 Å². The maximum atomic E-state index is 5.82. The Bertz CT molecular complexity index is 437. The molecular weight excluding hydrogens is 228 g/mol. The van der Waals surface area contributed by atoms with E-state index in [-0.39, 0.29) is 0 Å². The minimum absolute atomic E-state index is 0.365. The second kappa shape index (κ2) is 4.82. The average Bonchev–Trinajstić information content (AvgIpc) is 2.85. The van der Waals surface area contributed by atoms with Crippen molar-refractivity contribution in [1.82, 2.24) is 9.97 Å². The molecule has 2 aliphatic rings. The van der Waals surface area contributed by atoms with Crippen LogP contribution in [0.15, 0.2) is 6.07 Å². The molecule has 2 heterocycles. The highest BCUT2D eigenvalue weighted by atomic mass is 16.5. The zero-order valence-electron chi connectivity index (χ0n) is 10.8. The van der Waals surface area contributed by atoms with E-state index in [4.69, 9.17) is 10.5 Å². The normalized spacial score (nSPS) is 27.3. The van der Waals surface area contributed by atoms with E-state index in [0.29, 0.717) is 18.7 Å². The lowest BCUT2D eigenvalue weighted by Gasteiger charge is -2.37. The molecule has 0 spiro atoms. The molecule has 1 aliphatic carbocycles. The third-order valence-electron chi connectivity index (χ3n) is 3.84. The fourth-order valence-corrected chi connectivity index (χ4v) is 3.02. The summed E-state index contributed by atoms with van der Waals surface area (Å²) in [5.41, 5.74) is 7.59. The lowest BCUT2D eigenvalue weighted by atomic mass is 10.1. The summed E-state index contributed by atoms with van der Waals surface area (Å²) in [5, 5.41) is 0. The molecule has 1 aliphatic heterocycles. The highest BCUT2D eigenvalue weighted by molar-refractivity contribution is 5.36. The van der Waals surface area contributed by atoms with E-state index < -0.39 is 0 Å². The van der Waals surface area contributed by atoms with Crippen LogP contribution in [0.3, 0.4) is 0 Å². The van der Waals surface area contributed by atoms with Crippen LogP contribution in [0, 0.1) is 6.92 Å². The molecule has 18 heavy (non-hydrogen) atoms. The molecule has 0 radical (unpaired) electrons. The van der Waals surface area contributed by atoms with Crippen LogP contribution >= 0.6 is 0 Å². The van der Waals surface area contributed by atoms with Gasteiger partial charge in [0, 0.05) is 18.8 Å². The minimum Gasteiger partial charge on any atom is -0.374 e. The van der Waals surface area contributed by atoms with Crippen LogP contribution in [0.25, 0.3) is 0 Å². The number of fused-ring (bicyclic) bond motifs is 1. The van der Waals surface area contributed by atoms with Crippen LogP contribution in [-0.2, 0) is 11.3 Å². The number of ether oxygens (including phenoxy) is 1. The Labute approximate surface area is 107 Å². The van der Waals surface area contributed by atoms with E-state index in [0.717, 1.165) is 36.9 Å². The standard InChI is InChI=1S/C13H20N4O/c1-9-7-10(8-14)16-13(15-9)17-5-6-18-12-4-2-3-11(12)17/h7,11-12H,2-6,8,14H2,1H3. The van der Waals surface area contributed by atoms with E-state index in [1.54, 1.807) is 0 Å². The van der Waals surface area contributed by atoms with Crippen molar-refractivity contribution in [1.29, 1.82) is 0 Å². The third kappa shape index (κ3) is 2.08. The molecule has 1 aromatic rings. The van der Waals surface area contributed by atoms with Gasteiger partial charge in [0.05, 0.1) is 24.4 Å². The van der Waals surface area contributed by atoms with Gasteiger partial charge in [-0.3, -0.25) is 0 Å². The van der Waals surface area contributed by atoms with Crippen molar-refractivity contribution in [3.05, 3.63) is 17.5 Å². The largest absolute Gasteiger partial charge is 0.374 e. The second-order valence-electron chi connectivity index (χ2n) is 5.11. The highest BCUT2D eigenvalue weighted by Gasteiger charge is 2.37. The summed E-state index contributed by atoms with van der Waals surface area (Å²) in [5.74, 6) is 0.829. The molecule has 2 fully saturated rings. The molecule has 0 amide bonds. The molecule has 5 heteroatoms. The summed E-state index contributed by atoms with van der Waals surface area (Å²) in [6.45, 7) is 4.12. The zero-order valence-corrected chi connectivity index (χ0v) is 10.8. The first-order chi connectivity index (χ1) is 8.78. The number of hydrogen-bond acceptors (Lipinski definition) is 5. The van der Waals surface area contributed by atoms with Gasteiger partial charge in [0.25, 0.3) is 0 Å². The number of hydrogen-bond donors (Lipinski definition) is 1. The SMILES string of the molecule is Cc1cc(CN)nc(N2CCOC3CCCC32)n1. The van der Waals surface area contributed by atoms with Gasteiger partial charge in [-0.2, -0.15) is 0 Å². The van der Waals surface area contributed by atoms with Gasteiger partial charge in [-0.25, -0.2) is 9.97 Å². The summed E-state index contributed by atoms with van der Waals surface area (Å²) in [4.78, 5) is 11.5. The molecule has 0 aromatic carbocycles. The molecule has 98 valence electrons. The van der Waals surface area contributed by atoms with Crippen molar-refractivity contribution >= 4 is 5.95 Å². The van der Waals surface area contributed by atoms with Crippen LogP contribution in [-0.4, -0.2) is 35.3 Å². The van der Waals surface area contributed by atoms with Gasteiger partial charge in [0.15, 0.2) is 0 Å². The number of aryl methyl sites for hydroxylation is 1. The summed E-state index contributed by atoms with van der Waals surface area (Å²) < 4.78 is 5.82. The molecule has 1 saturated heterocycles. The molecule has 2 N–H and O–H groups in total. The molecule has 2 unspecified atom stereocenters. The Morgan fingerprint density at radius 3 is 3.17 bits per heavy atom. The number of nitrogens with two attached hydrogens (primary N) is 1. The Balaban J connectivity index is 1.90. The second-order valence-corrected chi connectivity index (χ2v) is 5.11. The summed E-state index contributed by atoms with van der Waals surface area (Å²) in [6.07, 6.45) is 3.95. The van der Waals surface area contributed by atoms with Crippen LogP contribution in [0.1, 0.15) is 30.7 Å². The smallest absolute Gasteiger partial charge is 0.226 e. The van der Waals surface area contributed by atoms with Crippen LogP contribution in [0.5, 0.6) is 0 Å². The lowest BCUT2D eigenvalue weighted by molar-refractivity contribution is 0.0249. The number of aromatic nitrogens is 2. The Morgan fingerprint density at radius 2 is 2.33 bits per heavy atom. The summed E-state index contributed by atoms with van der Waals surface area (Å²) in [7, 11) is 0. The predicted molar refractivity (Wildman–Crippen MR) is 69.4 cm³/mol. The first-order valence-electron chi connectivity index (χ1n) is 6.71. The molecule has 3 rings (SSSR count). The Kier molecular flexibility index (Phi) is 3.18. The first kappa shape index (κ1) is 11.9. The molecule has 1 aromatic heterocycles. The Morgan fingerprint density at radius 1 is 1.44 bits per heavy atom. The molecule has 5 nitrogen and oxygen atoms in total. The van der Waals surface area contributed by atoms with E-state index in [1.807, 2.05) is 13.0 Å². The van der Waals surface area contributed by atoms with Gasteiger partial charge in [0.2, 0.25) is 5.95 Å². The van der Waals surface area contributed by atoms with E-state index in [2.05, 4.69) is 14.9 Å². The zero-order chi connectivity index (χ0) is 12.5. The topological polar surface area (TPSA) is 64.3 Å². The van der Waals surface area contributed by atoms with Crippen LogP contribution in [0.4, 0.5) is 5.95 Å². The minimum atomic E-state index is 0.365. The maximum absolute atomic E-state index is 5.82. The highest BCUT2D eigenvalue weighted by Crippen LogP contribution is 2.31. The third-order valence-corrected chi connectivity index (χ3v) is 3.84. The van der Waals surface area contributed by atoms with Crippen molar-refractivity contribution in [3.63, 3.8) is 0 Å². The summed E-state index contributed by atoms with van der Waals surface area (Å²) >= 11 is 0. The van der Waals surface area contributed by atoms with Crippen LogP contribution in [0.2, 0.25) is 0 Å². The van der Waals surface area contributed by atoms with Crippen LogP contribution < -0.4 is 10.6 Å². The molecule has 2 atom stereocenters.